The summed E-state index contributed by atoms with van der Waals surface area (Å²) in [5.74, 6) is 0. The van der Waals surface area contributed by atoms with Crippen LogP contribution in [-0.2, 0) is 0 Å². The van der Waals surface area contributed by atoms with Gasteiger partial charge in [0, 0.05) is 10.1 Å². The fourth-order valence-electron chi connectivity index (χ4n) is 2.68. The molecule has 0 nitrogen and oxygen atoms in total. The summed E-state index contributed by atoms with van der Waals surface area (Å²) < 4.78 is 0. The maximum absolute atomic E-state index is 4.03. The van der Waals surface area contributed by atoms with Crippen molar-refractivity contribution in [2.75, 3.05) is 0 Å². The van der Waals surface area contributed by atoms with Crippen molar-refractivity contribution >= 4 is 8.07 Å². The van der Waals surface area contributed by atoms with Crippen LogP contribution in [0.1, 0.15) is 0 Å². The molecule has 0 amide bonds. The van der Waals surface area contributed by atoms with E-state index in [1.165, 1.54) is 0 Å². The summed E-state index contributed by atoms with van der Waals surface area (Å²) in [6.07, 6.45) is 11.0. The molecule has 0 bridgehead atoms. The molecular formula is C18H24Si. The summed E-state index contributed by atoms with van der Waals surface area (Å²) >= 11 is 0. The van der Waals surface area contributed by atoms with Crippen molar-refractivity contribution in [3.63, 3.8) is 0 Å². The Balaban J connectivity index is 6.76. The molecule has 100 valence electrons. The van der Waals surface area contributed by atoms with Gasteiger partial charge in [-0.05, 0) is 0 Å². The van der Waals surface area contributed by atoms with E-state index in [0.29, 0.717) is 0 Å². The third-order valence-electron chi connectivity index (χ3n) is 4.10. The van der Waals surface area contributed by atoms with E-state index in [1.807, 2.05) is 47.9 Å². The Labute approximate surface area is 119 Å². The summed E-state index contributed by atoms with van der Waals surface area (Å²) in [6, 6.07) is 0. The SMILES string of the molecule is C=CC(C=C)(C=C)[Si](C=C)(C=C)C(C=C)(C=C)C=C. The van der Waals surface area contributed by atoms with Crippen LogP contribution in [0.4, 0.5) is 0 Å². The third-order valence-corrected chi connectivity index (χ3v) is 9.48. The van der Waals surface area contributed by atoms with E-state index in [0.717, 1.165) is 0 Å². The van der Waals surface area contributed by atoms with Crippen LogP contribution in [-0.4, -0.2) is 8.07 Å². The summed E-state index contributed by atoms with van der Waals surface area (Å²) in [4.78, 5) is 0. The topological polar surface area (TPSA) is 0 Å². The molecule has 0 unspecified atom stereocenters. The fourth-order valence-corrected chi connectivity index (χ4v) is 7.04. The Morgan fingerprint density at radius 1 is 0.474 bits per heavy atom. The van der Waals surface area contributed by atoms with E-state index in [2.05, 4.69) is 52.6 Å². The van der Waals surface area contributed by atoms with Gasteiger partial charge in [0.05, 0.1) is 0 Å². The maximum atomic E-state index is 4.03. The second-order valence-corrected chi connectivity index (χ2v) is 8.65. The molecule has 0 aromatic heterocycles. The van der Waals surface area contributed by atoms with Crippen LogP contribution in [0, 0.1) is 0 Å². The minimum Gasteiger partial charge on any atom is -0.107 e. The molecule has 0 rings (SSSR count). The van der Waals surface area contributed by atoms with E-state index < -0.39 is 18.2 Å². The van der Waals surface area contributed by atoms with Crippen LogP contribution in [0.15, 0.2) is 100 Å². The van der Waals surface area contributed by atoms with E-state index in [4.69, 9.17) is 0 Å². The highest BCUT2D eigenvalue weighted by atomic mass is 28.3. The van der Waals surface area contributed by atoms with Crippen molar-refractivity contribution in [1.29, 1.82) is 0 Å². The second-order valence-electron chi connectivity index (χ2n) is 4.37. The Hall–Kier alpha value is -1.86. The van der Waals surface area contributed by atoms with Gasteiger partial charge < -0.3 is 0 Å². The molecule has 0 heterocycles. The molecule has 0 aromatic rings. The molecule has 0 spiro atoms. The highest BCUT2D eigenvalue weighted by molar-refractivity contribution is 6.96. The first-order valence-corrected chi connectivity index (χ1v) is 8.23. The van der Waals surface area contributed by atoms with Crippen LogP contribution in [0.2, 0.25) is 10.1 Å². The third kappa shape index (κ3) is 2.00. The highest BCUT2D eigenvalue weighted by Gasteiger charge is 2.54. The fraction of sp³-hybridized carbons (Fsp3) is 0.111. The molecule has 0 radical (unpaired) electrons. The standard InChI is InChI=1S/C18H24Si/c1-9-17(10-2,11-3)19(15-7,16-8)18(12-4,13-5)14-6/h9-16H,1-8H2. The van der Waals surface area contributed by atoms with Gasteiger partial charge in [-0.15, -0.1) is 52.6 Å². The van der Waals surface area contributed by atoms with Crippen molar-refractivity contribution in [2.45, 2.75) is 10.1 Å². The van der Waals surface area contributed by atoms with Gasteiger partial charge in [0.25, 0.3) is 0 Å². The van der Waals surface area contributed by atoms with Gasteiger partial charge >= 0.3 is 0 Å². The highest BCUT2D eigenvalue weighted by Crippen LogP contribution is 2.57. The molecule has 0 aliphatic heterocycles. The number of hydrogen-bond donors (Lipinski definition) is 0. The van der Waals surface area contributed by atoms with E-state index >= 15 is 0 Å². The first kappa shape index (κ1) is 17.1. The zero-order chi connectivity index (χ0) is 15.2. The average Bonchev–Trinajstić information content (AvgIpc) is 2.49. The molecule has 1 heteroatoms. The van der Waals surface area contributed by atoms with Crippen LogP contribution in [0.25, 0.3) is 0 Å². The van der Waals surface area contributed by atoms with Gasteiger partial charge in [0.15, 0.2) is 0 Å². The van der Waals surface area contributed by atoms with E-state index in [9.17, 15) is 0 Å². The lowest BCUT2D eigenvalue weighted by Crippen LogP contribution is -2.51. The lowest BCUT2D eigenvalue weighted by atomic mass is 10.1. The second kappa shape index (κ2) is 6.35. The van der Waals surface area contributed by atoms with Gasteiger partial charge in [0.1, 0.15) is 8.07 Å². The molecule has 0 fully saturated rings. The van der Waals surface area contributed by atoms with E-state index in [1.54, 1.807) is 0 Å². The lowest BCUT2D eigenvalue weighted by molar-refractivity contribution is 0.935. The lowest BCUT2D eigenvalue weighted by Gasteiger charge is -2.49. The molecule has 0 N–H and O–H groups in total. The summed E-state index contributed by atoms with van der Waals surface area (Å²) in [5.41, 5.74) is 3.88. The van der Waals surface area contributed by atoms with Gasteiger partial charge in [-0.1, -0.05) is 47.9 Å². The van der Waals surface area contributed by atoms with Crippen molar-refractivity contribution in [1.82, 2.24) is 0 Å². The van der Waals surface area contributed by atoms with Crippen LogP contribution in [0.3, 0.4) is 0 Å². The van der Waals surface area contributed by atoms with Crippen molar-refractivity contribution in [3.8, 4) is 0 Å². The normalized spacial score (nSPS) is 11.8. The molecule has 19 heavy (non-hydrogen) atoms. The number of rotatable bonds is 10. The van der Waals surface area contributed by atoms with Crippen LogP contribution in [0.5, 0.6) is 0 Å². The molecule has 0 aromatic carbocycles. The minimum absolute atomic E-state index is 0.493. The molecule has 0 atom stereocenters. The summed E-state index contributed by atoms with van der Waals surface area (Å²) in [5, 5.41) is -0.986. The van der Waals surface area contributed by atoms with Crippen LogP contribution < -0.4 is 0 Å². The zero-order valence-electron chi connectivity index (χ0n) is 11.8. The van der Waals surface area contributed by atoms with Gasteiger partial charge in [-0.25, -0.2) is 0 Å². The molecule has 0 aliphatic rings. The van der Waals surface area contributed by atoms with E-state index in [-0.39, 0.29) is 0 Å². The Kier molecular flexibility index (Phi) is 5.72. The molecule has 0 aliphatic carbocycles. The predicted octanol–water partition coefficient (Wildman–Crippen LogP) is 5.48. The minimum atomic E-state index is -2.48. The number of hydrogen-bond acceptors (Lipinski definition) is 0. The monoisotopic (exact) mass is 268 g/mol. The molecule has 0 saturated carbocycles. The zero-order valence-corrected chi connectivity index (χ0v) is 12.8. The maximum Gasteiger partial charge on any atom is 0.136 e. The van der Waals surface area contributed by atoms with Gasteiger partial charge in [0.2, 0.25) is 0 Å². The Morgan fingerprint density at radius 2 is 0.684 bits per heavy atom. The average molecular weight is 268 g/mol. The Morgan fingerprint density at radius 3 is 0.789 bits per heavy atom. The predicted molar refractivity (Wildman–Crippen MR) is 92.7 cm³/mol. The first-order valence-electron chi connectivity index (χ1n) is 6.08. The van der Waals surface area contributed by atoms with Gasteiger partial charge in [-0.2, -0.15) is 0 Å². The van der Waals surface area contributed by atoms with Gasteiger partial charge in [-0.3, -0.25) is 0 Å². The van der Waals surface area contributed by atoms with Crippen molar-refractivity contribution in [2.24, 2.45) is 0 Å². The van der Waals surface area contributed by atoms with Crippen LogP contribution >= 0.6 is 0 Å². The summed E-state index contributed by atoms with van der Waals surface area (Å²) in [6.45, 7) is 31.7. The smallest absolute Gasteiger partial charge is 0.107 e. The number of allylic oxidation sites excluding steroid dienone is 6. The summed E-state index contributed by atoms with van der Waals surface area (Å²) in [7, 11) is -2.48. The molecular weight excluding hydrogens is 244 g/mol. The largest absolute Gasteiger partial charge is 0.136 e. The quantitative estimate of drug-likeness (QED) is 0.363. The molecule has 0 saturated heterocycles. The first-order chi connectivity index (χ1) is 8.99. The van der Waals surface area contributed by atoms with Crippen molar-refractivity contribution < 1.29 is 0 Å². The van der Waals surface area contributed by atoms with Crippen molar-refractivity contribution in [3.05, 3.63) is 100 Å². The Bertz CT molecular complexity index is 351.